The van der Waals surface area contributed by atoms with Crippen LogP contribution in [0.15, 0.2) is 12.1 Å². The highest BCUT2D eigenvalue weighted by atomic mass is 19.1. The number of hydrogen-bond donors (Lipinski definition) is 2. The number of nitrogens with one attached hydrogen (secondary N) is 2. The van der Waals surface area contributed by atoms with Crippen LogP contribution in [-0.2, 0) is 10.2 Å². The average molecular weight is 256 g/mol. The Bertz CT molecular complexity index is 487. The van der Waals surface area contributed by atoms with Gasteiger partial charge in [-0.3, -0.25) is 10.2 Å². The molecule has 0 atom stereocenters. The van der Waals surface area contributed by atoms with E-state index in [1.165, 1.54) is 7.11 Å². The molecular weight excluding hydrogens is 242 g/mol. The molecule has 1 aromatic rings. The summed E-state index contributed by atoms with van der Waals surface area (Å²) in [4.78, 5) is 11.9. The first-order valence-electron chi connectivity index (χ1n) is 5.56. The van der Waals surface area contributed by atoms with Gasteiger partial charge in [0.25, 0.3) is 0 Å². The third-order valence-corrected chi connectivity index (χ3v) is 3.18. The Kier molecular flexibility index (Phi) is 3.21. The first-order chi connectivity index (χ1) is 8.55. The Balaban J connectivity index is 2.40. The standard InChI is InChI=1S/C12H14F2N2O2/c1-15-16-11(17)12(3-4-12)7-5-9(14)10(18-2)6-8(7)13/h5-6,15H,3-4H2,1-2H3,(H,16,17). The van der Waals surface area contributed by atoms with Crippen LogP contribution < -0.4 is 15.6 Å². The number of halogens is 2. The zero-order chi connectivity index (χ0) is 13.3. The fourth-order valence-electron chi connectivity index (χ4n) is 2.03. The number of amides is 1. The molecule has 0 heterocycles. The number of ether oxygens (including phenoxy) is 1. The highest BCUT2D eigenvalue weighted by Crippen LogP contribution is 2.50. The Hall–Kier alpha value is -1.69. The lowest BCUT2D eigenvalue weighted by Gasteiger charge is -2.16. The predicted octanol–water partition coefficient (Wildman–Crippen LogP) is 1.26. The van der Waals surface area contributed by atoms with Crippen molar-refractivity contribution in [1.82, 2.24) is 10.9 Å². The number of carbonyl (C=O) groups is 1. The SMILES string of the molecule is CNNC(=O)C1(c2cc(F)c(OC)cc2F)CC1. The fourth-order valence-corrected chi connectivity index (χ4v) is 2.03. The summed E-state index contributed by atoms with van der Waals surface area (Å²) < 4.78 is 32.2. The molecular formula is C12H14F2N2O2. The molecule has 6 heteroatoms. The number of rotatable bonds is 4. The van der Waals surface area contributed by atoms with Gasteiger partial charge >= 0.3 is 0 Å². The molecule has 0 bridgehead atoms. The normalized spacial score (nSPS) is 16.2. The van der Waals surface area contributed by atoms with Crippen LogP contribution in [0.25, 0.3) is 0 Å². The van der Waals surface area contributed by atoms with Crippen molar-refractivity contribution in [2.75, 3.05) is 14.2 Å². The van der Waals surface area contributed by atoms with Crippen LogP contribution in [0.1, 0.15) is 18.4 Å². The van der Waals surface area contributed by atoms with Gasteiger partial charge in [0.05, 0.1) is 12.5 Å². The van der Waals surface area contributed by atoms with E-state index < -0.39 is 17.0 Å². The van der Waals surface area contributed by atoms with Gasteiger partial charge in [-0.2, -0.15) is 0 Å². The zero-order valence-electron chi connectivity index (χ0n) is 10.1. The summed E-state index contributed by atoms with van der Waals surface area (Å²) in [6, 6.07) is 2.01. The highest BCUT2D eigenvalue weighted by Gasteiger charge is 2.53. The van der Waals surface area contributed by atoms with Crippen LogP contribution in [0, 0.1) is 11.6 Å². The summed E-state index contributed by atoms with van der Waals surface area (Å²) in [7, 11) is 2.80. The molecule has 0 unspecified atom stereocenters. The number of benzene rings is 1. The van der Waals surface area contributed by atoms with Gasteiger partial charge in [-0.25, -0.2) is 14.2 Å². The quantitative estimate of drug-likeness (QED) is 0.797. The first kappa shape index (κ1) is 12.8. The smallest absolute Gasteiger partial charge is 0.244 e. The van der Waals surface area contributed by atoms with E-state index in [1.54, 1.807) is 7.05 Å². The van der Waals surface area contributed by atoms with Gasteiger partial charge in [-0.15, -0.1) is 0 Å². The summed E-state index contributed by atoms with van der Waals surface area (Å²) in [6.07, 6.45) is 1.01. The minimum Gasteiger partial charge on any atom is -0.494 e. The van der Waals surface area contributed by atoms with Crippen molar-refractivity contribution in [1.29, 1.82) is 0 Å². The van der Waals surface area contributed by atoms with Gasteiger partial charge < -0.3 is 4.74 Å². The summed E-state index contributed by atoms with van der Waals surface area (Å²) >= 11 is 0. The van der Waals surface area contributed by atoms with E-state index in [0.29, 0.717) is 12.8 Å². The van der Waals surface area contributed by atoms with Crippen molar-refractivity contribution in [2.24, 2.45) is 0 Å². The molecule has 2 N–H and O–H groups in total. The molecule has 0 aliphatic heterocycles. The van der Waals surface area contributed by atoms with Crippen LogP contribution in [0.2, 0.25) is 0 Å². The maximum absolute atomic E-state index is 13.9. The summed E-state index contributed by atoms with van der Waals surface area (Å²) in [5.74, 6) is -1.82. The summed E-state index contributed by atoms with van der Waals surface area (Å²) in [5.41, 5.74) is 4.03. The molecule has 0 aromatic heterocycles. The molecule has 4 nitrogen and oxygen atoms in total. The third kappa shape index (κ3) is 1.92. The Morgan fingerprint density at radius 3 is 2.50 bits per heavy atom. The number of methoxy groups -OCH3 is 1. The van der Waals surface area contributed by atoms with E-state index >= 15 is 0 Å². The van der Waals surface area contributed by atoms with Crippen molar-refractivity contribution in [3.8, 4) is 5.75 Å². The van der Waals surface area contributed by atoms with Crippen LogP contribution in [0.4, 0.5) is 8.78 Å². The molecule has 0 radical (unpaired) electrons. The van der Waals surface area contributed by atoms with E-state index in [0.717, 1.165) is 12.1 Å². The highest BCUT2D eigenvalue weighted by molar-refractivity contribution is 5.91. The molecule has 1 aromatic carbocycles. The number of hydrazine groups is 1. The molecule has 98 valence electrons. The average Bonchev–Trinajstić information content (AvgIpc) is 3.13. The van der Waals surface area contributed by atoms with E-state index in [1.807, 2.05) is 0 Å². The predicted molar refractivity (Wildman–Crippen MR) is 61.0 cm³/mol. The lowest BCUT2D eigenvalue weighted by Crippen LogP contribution is -2.42. The first-order valence-corrected chi connectivity index (χ1v) is 5.56. The second-order valence-electron chi connectivity index (χ2n) is 4.25. The Morgan fingerprint density at radius 2 is 2.00 bits per heavy atom. The summed E-state index contributed by atoms with van der Waals surface area (Å²) in [5, 5.41) is 0. The van der Waals surface area contributed by atoms with Crippen molar-refractivity contribution in [3.63, 3.8) is 0 Å². The van der Waals surface area contributed by atoms with Gasteiger partial charge in [-0.05, 0) is 18.9 Å². The van der Waals surface area contributed by atoms with Crippen molar-refractivity contribution >= 4 is 5.91 Å². The maximum Gasteiger partial charge on any atom is 0.244 e. The van der Waals surface area contributed by atoms with Gasteiger partial charge in [0, 0.05) is 18.7 Å². The second kappa shape index (κ2) is 4.53. The van der Waals surface area contributed by atoms with E-state index in [9.17, 15) is 13.6 Å². The van der Waals surface area contributed by atoms with Crippen LogP contribution in [-0.4, -0.2) is 20.1 Å². The molecule has 1 amide bonds. The summed E-state index contributed by atoms with van der Waals surface area (Å²) in [6.45, 7) is 0. The number of carbonyl (C=O) groups excluding carboxylic acids is 1. The molecule has 1 fully saturated rings. The van der Waals surface area contributed by atoms with Crippen LogP contribution in [0.3, 0.4) is 0 Å². The van der Waals surface area contributed by atoms with Crippen molar-refractivity contribution in [3.05, 3.63) is 29.3 Å². The van der Waals surface area contributed by atoms with E-state index in [4.69, 9.17) is 4.74 Å². The molecule has 1 aliphatic rings. The second-order valence-corrected chi connectivity index (χ2v) is 4.25. The minimum absolute atomic E-state index is 0.0774. The molecule has 18 heavy (non-hydrogen) atoms. The lowest BCUT2D eigenvalue weighted by atomic mass is 9.94. The number of hydrogen-bond acceptors (Lipinski definition) is 3. The van der Waals surface area contributed by atoms with Crippen LogP contribution >= 0.6 is 0 Å². The van der Waals surface area contributed by atoms with Gasteiger partial charge in [0.1, 0.15) is 5.82 Å². The fraction of sp³-hybridized carbons (Fsp3) is 0.417. The lowest BCUT2D eigenvalue weighted by molar-refractivity contribution is -0.124. The largest absolute Gasteiger partial charge is 0.494 e. The molecule has 1 aliphatic carbocycles. The van der Waals surface area contributed by atoms with Gasteiger partial charge in [-0.1, -0.05) is 0 Å². The monoisotopic (exact) mass is 256 g/mol. The Morgan fingerprint density at radius 1 is 1.33 bits per heavy atom. The van der Waals surface area contributed by atoms with Crippen LogP contribution in [0.5, 0.6) is 5.75 Å². The van der Waals surface area contributed by atoms with E-state index in [2.05, 4.69) is 10.9 Å². The van der Waals surface area contributed by atoms with Gasteiger partial charge in [0.15, 0.2) is 11.6 Å². The third-order valence-electron chi connectivity index (χ3n) is 3.18. The maximum atomic E-state index is 13.9. The van der Waals surface area contributed by atoms with Crippen molar-refractivity contribution < 1.29 is 18.3 Å². The van der Waals surface area contributed by atoms with Gasteiger partial charge in [0.2, 0.25) is 5.91 Å². The zero-order valence-corrected chi connectivity index (χ0v) is 10.1. The molecule has 1 saturated carbocycles. The topological polar surface area (TPSA) is 50.4 Å². The Labute approximate surface area is 103 Å². The molecule has 2 rings (SSSR count). The molecule has 0 saturated heterocycles. The van der Waals surface area contributed by atoms with Crippen molar-refractivity contribution in [2.45, 2.75) is 18.3 Å². The van der Waals surface area contributed by atoms with E-state index in [-0.39, 0.29) is 17.2 Å². The minimum atomic E-state index is -0.958. The molecule has 0 spiro atoms.